The van der Waals surface area contributed by atoms with Gasteiger partial charge < -0.3 is 15.1 Å². The van der Waals surface area contributed by atoms with E-state index in [9.17, 15) is 9.59 Å². The molecule has 2 amide bonds. The van der Waals surface area contributed by atoms with Gasteiger partial charge in [0.05, 0.1) is 0 Å². The number of likely N-dealkylation sites (N-methyl/N-ethyl adjacent to an activating group) is 2. The second-order valence-corrected chi connectivity index (χ2v) is 3.58. The van der Waals surface area contributed by atoms with Crippen LogP contribution in [0, 0.1) is 0 Å². The lowest BCUT2D eigenvalue weighted by atomic mass is 10.3. The molecule has 0 bridgehead atoms. The van der Waals surface area contributed by atoms with Crippen molar-refractivity contribution in [2.45, 2.75) is 0 Å². The fourth-order valence-corrected chi connectivity index (χ4v) is 1.36. The number of hydrogen-bond donors (Lipinski definition) is 1. The number of nitrogens with one attached hydrogen (secondary N) is 1. The van der Waals surface area contributed by atoms with E-state index in [1.807, 2.05) is 7.05 Å². The van der Waals surface area contributed by atoms with Gasteiger partial charge >= 0.3 is 0 Å². The third kappa shape index (κ3) is 3.71. The average molecular weight is 211 g/mol. The molecule has 84 valence electrons. The summed E-state index contributed by atoms with van der Waals surface area (Å²) in [6.07, 6.45) is 2.59. The Hall–Kier alpha value is -1.36. The summed E-state index contributed by atoms with van der Waals surface area (Å²) in [7, 11) is 3.56. The first kappa shape index (κ1) is 11.7. The molecule has 1 aliphatic rings. The van der Waals surface area contributed by atoms with Crippen molar-refractivity contribution in [1.82, 2.24) is 15.1 Å². The van der Waals surface area contributed by atoms with Gasteiger partial charge in [0.15, 0.2) is 0 Å². The van der Waals surface area contributed by atoms with E-state index in [-0.39, 0.29) is 11.8 Å². The molecule has 0 aromatic carbocycles. The molecule has 0 aliphatic carbocycles. The van der Waals surface area contributed by atoms with Crippen LogP contribution in [0.4, 0.5) is 0 Å². The van der Waals surface area contributed by atoms with Crippen molar-refractivity contribution in [3.8, 4) is 0 Å². The molecule has 0 aromatic rings. The van der Waals surface area contributed by atoms with E-state index < -0.39 is 0 Å². The number of amides is 2. The smallest absolute Gasteiger partial charge is 0.246 e. The minimum Gasteiger partial charge on any atom is -0.356 e. The van der Waals surface area contributed by atoms with Gasteiger partial charge in [0.25, 0.3) is 0 Å². The van der Waals surface area contributed by atoms with E-state index in [0.717, 1.165) is 26.2 Å². The van der Waals surface area contributed by atoms with E-state index in [1.54, 1.807) is 4.90 Å². The fraction of sp³-hybridized carbons (Fsp3) is 0.600. The Kier molecular flexibility index (Phi) is 4.30. The van der Waals surface area contributed by atoms with Gasteiger partial charge in [-0.2, -0.15) is 0 Å². The van der Waals surface area contributed by atoms with Gasteiger partial charge in [-0.1, -0.05) is 0 Å². The minimum atomic E-state index is -0.252. The number of nitrogens with zero attached hydrogens (tertiary/aromatic N) is 2. The number of piperazine rings is 1. The van der Waals surface area contributed by atoms with Gasteiger partial charge in [0.1, 0.15) is 0 Å². The molecule has 1 fully saturated rings. The van der Waals surface area contributed by atoms with Crippen LogP contribution in [-0.4, -0.2) is 61.9 Å². The predicted octanol–water partition coefficient (Wildman–Crippen LogP) is -0.937. The highest BCUT2D eigenvalue weighted by molar-refractivity contribution is 5.96. The molecule has 15 heavy (non-hydrogen) atoms. The maximum atomic E-state index is 11.6. The van der Waals surface area contributed by atoms with E-state index >= 15 is 0 Å². The first-order valence-electron chi connectivity index (χ1n) is 5.00. The first-order chi connectivity index (χ1) is 7.13. The van der Waals surface area contributed by atoms with Crippen LogP contribution in [0.5, 0.6) is 0 Å². The van der Waals surface area contributed by atoms with Crippen molar-refractivity contribution in [2.24, 2.45) is 0 Å². The highest BCUT2D eigenvalue weighted by Gasteiger charge is 2.16. The second kappa shape index (κ2) is 5.50. The van der Waals surface area contributed by atoms with Gasteiger partial charge in [-0.05, 0) is 7.05 Å². The summed E-state index contributed by atoms with van der Waals surface area (Å²) < 4.78 is 0. The van der Waals surface area contributed by atoms with Crippen LogP contribution in [0.15, 0.2) is 12.2 Å². The van der Waals surface area contributed by atoms with Crippen molar-refractivity contribution in [3.05, 3.63) is 12.2 Å². The Morgan fingerprint density at radius 2 is 1.73 bits per heavy atom. The summed E-state index contributed by atoms with van der Waals surface area (Å²) in [5.74, 6) is -0.343. The summed E-state index contributed by atoms with van der Waals surface area (Å²) in [4.78, 5) is 26.4. The van der Waals surface area contributed by atoms with Crippen LogP contribution in [0.3, 0.4) is 0 Å². The molecule has 1 rings (SSSR count). The van der Waals surface area contributed by atoms with Crippen molar-refractivity contribution >= 4 is 11.8 Å². The number of rotatable bonds is 2. The molecule has 5 heteroatoms. The lowest BCUT2D eigenvalue weighted by Crippen LogP contribution is -2.46. The number of carbonyl (C=O) groups is 2. The summed E-state index contributed by atoms with van der Waals surface area (Å²) in [5.41, 5.74) is 0. The predicted molar refractivity (Wildman–Crippen MR) is 57.3 cm³/mol. The van der Waals surface area contributed by atoms with Crippen LogP contribution in [0.1, 0.15) is 0 Å². The van der Waals surface area contributed by atoms with Gasteiger partial charge in [-0.3, -0.25) is 9.59 Å². The van der Waals surface area contributed by atoms with E-state index in [1.165, 1.54) is 19.2 Å². The highest BCUT2D eigenvalue weighted by atomic mass is 16.2. The fourth-order valence-electron chi connectivity index (χ4n) is 1.36. The Balaban J connectivity index is 2.40. The van der Waals surface area contributed by atoms with Gasteiger partial charge in [-0.25, -0.2) is 0 Å². The van der Waals surface area contributed by atoms with Crippen LogP contribution < -0.4 is 5.32 Å². The van der Waals surface area contributed by atoms with E-state index in [4.69, 9.17) is 0 Å². The highest BCUT2D eigenvalue weighted by Crippen LogP contribution is 1.99. The molecule has 0 atom stereocenters. The summed E-state index contributed by atoms with van der Waals surface area (Å²) in [5, 5.41) is 2.43. The zero-order valence-electron chi connectivity index (χ0n) is 9.19. The molecule has 1 heterocycles. The second-order valence-electron chi connectivity index (χ2n) is 3.58. The Morgan fingerprint density at radius 3 is 2.27 bits per heavy atom. The molecule has 0 saturated carbocycles. The molecule has 0 spiro atoms. The third-order valence-corrected chi connectivity index (χ3v) is 2.44. The van der Waals surface area contributed by atoms with E-state index in [0.29, 0.717) is 0 Å². The Morgan fingerprint density at radius 1 is 1.13 bits per heavy atom. The Bertz CT molecular complexity index is 268. The van der Waals surface area contributed by atoms with Crippen LogP contribution in [0.2, 0.25) is 0 Å². The topological polar surface area (TPSA) is 52.7 Å². The molecular formula is C10H17N3O2. The molecule has 0 aromatic heterocycles. The molecular weight excluding hydrogens is 194 g/mol. The molecule has 0 unspecified atom stereocenters. The zero-order chi connectivity index (χ0) is 11.3. The standard InChI is InChI=1S/C10H17N3O2/c1-11-9(14)3-4-10(15)13-7-5-12(2)6-8-13/h3-4H,5-8H2,1-2H3,(H,11,14). The van der Waals surface area contributed by atoms with Gasteiger partial charge in [-0.15, -0.1) is 0 Å². The molecule has 1 aliphatic heterocycles. The zero-order valence-corrected chi connectivity index (χ0v) is 9.19. The van der Waals surface area contributed by atoms with Crippen LogP contribution in [-0.2, 0) is 9.59 Å². The van der Waals surface area contributed by atoms with Gasteiger partial charge in [0.2, 0.25) is 11.8 Å². The van der Waals surface area contributed by atoms with Crippen LogP contribution >= 0.6 is 0 Å². The largest absolute Gasteiger partial charge is 0.356 e. The number of hydrogen-bond acceptors (Lipinski definition) is 3. The van der Waals surface area contributed by atoms with E-state index in [2.05, 4.69) is 10.2 Å². The summed E-state index contributed by atoms with van der Waals surface area (Å²) >= 11 is 0. The lowest BCUT2D eigenvalue weighted by Gasteiger charge is -2.31. The maximum Gasteiger partial charge on any atom is 0.246 e. The van der Waals surface area contributed by atoms with Crippen molar-refractivity contribution in [2.75, 3.05) is 40.3 Å². The molecule has 1 saturated heterocycles. The minimum absolute atomic E-state index is 0.0910. The SMILES string of the molecule is CNC(=O)C=CC(=O)N1CCN(C)CC1. The summed E-state index contributed by atoms with van der Waals surface area (Å²) in [6, 6.07) is 0. The summed E-state index contributed by atoms with van der Waals surface area (Å²) in [6.45, 7) is 3.24. The molecule has 0 radical (unpaired) electrons. The van der Waals surface area contributed by atoms with Crippen molar-refractivity contribution in [3.63, 3.8) is 0 Å². The maximum absolute atomic E-state index is 11.6. The normalized spacial score (nSPS) is 18.1. The lowest BCUT2D eigenvalue weighted by molar-refractivity contribution is -0.127. The average Bonchev–Trinajstić information content (AvgIpc) is 2.26. The third-order valence-electron chi connectivity index (χ3n) is 2.44. The monoisotopic (exact) mass is 211 g/mol. The Labute approximate surface area is 89.7 Å². The van der Waals surface area contributed by atoms with Crippen molar-refractivity contribution in [1.29, 1.82) is 0 Å². The molecule has 5 nitrogen and oxygen atoms in total. The van der Waals surface area contributed by atoms with Gasteiger partial charge in [0, 0.05) is 45.4 Å². The van der Waals surface area contributed by atoms with Crippen LogP contribution in [0.25, 0.3) is 0 Å². The van der Waals surface area contributed by atoms with Crippen molar-refractivity contribution < 1.29 is 9.59 Å². The quantitative estimate of drug-likeness (QED) is 0.600. The number of carbonyl (C=O) groups excluding carboxylic acids is 2. The first-order valence-corrected chi connectivity index (χ1v) is 5.00. The molecule has 1 N–H and O–H groups in total.